The quantitative estimate of drug-likeness (QED) is 0.538. The Hall–Kier alpha value is -0.120. The number of hydrogen-bond donors (Lipinski definition) is 2. The third kappa shape index (κ3) is 2.25. The van der Waals surface area contributed by atoms with E-state index < -0.39 is 0 Å². The van der Waals surface area contributed by atoms with Crippen LogP contribution < -0.4 is 11.5 Å². The fourth-order valence-electron chi connectivity index (χ4n) is 1.25. The molecule has 0 heterocycles. The first-order valence-electron chi connectivity index (χ1n) is 4.02. The minimum Gasteiger partial charge on any atom is -0.329 e. The molecule has 1 aliphatic rings. The summed E-state index contributed by atoms with van der Waals surface area (Å²) in [6.07, 6.45) is 2.69. The molecule has 1 fully saturated rings. The standard InChI is InChI=1S/C7H17N3/c8-3-5-10(6-4-9)7-1-2-7/h7H,1-6,8-9H2. The monoisotopic (exact) mass is 143 g/mol. The maximum Gasteiger partial charge on any atom is 0.0108 e. The van der Waals surface area contributed by atoms with Crippen LogP contribution in [0.5, 0.6) is 0 Å². The molecule has 60 valence electrons. The topological polar surface area (TPSA) is 55.3 Å². The fraction of sp³-hybridized carbons (Fsp3) is 1.00. The lowest BCUT2D eigenvalue weighted by Crippen LogP contribution is -2.35. The lowest BCUT2D eigenvalue weighted by atomic mass is 10.4. The Morgan fingerprint density at radius 2 is 1.60 bits per heavy atom. The van der Waals surface area contributed by atoms with Gasteiger partial charge in [-0.15, -0.1) is 0 Å². The third-order valence-electron chi connectivity index (χ3n) is 1.90. The van der Waals surface area contributed by atoms with Crippen molar-refractivity contribution >= 4 is 0 Å². The van der Waals surface area contributed by atoms with Gasteiger partial charge >= 0.3 is 0 Å². The van der Waals surface area contributed by atoms with Crippen LogP contribution >= 0.6 is 0 Å². The zero-order chi connectivity index (χ0) is 7.40. The first kappa shape index (κ1) is 7.98. The Balaban J connectivity index is 2.13. The Kier molecular flexibility index (Phi) is 3.12. The molecule has 10 heavy (non-hydrogen) atoms. The highest BCUT2D eigenvalue weighted by atomic mass is 15.2. The molecule has 0 aromatic rings. The van der Waals surface area contributed by atoms with E-state index in [-0.39, 0.29) is 0 Å². The number of hydrogen-bond acceptors (Lipinski definition) is 3. The lowest BCUT2D eigenvalue weighted by Gasteiger charge is -2.19. The van der Waals surface area contributed by atoms with Crippen molar-refractivity contribution in [1.82, 2.24) is 4.90 Å². The van der Waals surface area contributed by atoms with Crippen molar-refractivity contribution in [3.63, 3.8) is 0 Å². The van der Waals surface area contributed by atoms with Crippen molar-refractivity contribution in [1.29, 1.82) is 0 Å². The van der Waals surface area contributed by atoms with Crippen molar-refractivity contribution in [3.05, 3.63) is 0 Å². The summed E-state index contributed by atoms with van der Waals surface area (Å²) >= 11 is 0. The van der Waals surface area contributed by atoms with Crippen LogP contribution in [0, 0.1) is 0 Å². The van der Waals surface area contributed by atoms with Gasteiger partial charge in [0.1, 0.15) is 0 Å². The van der Waals surface area contributed by atoms with Gasteiger partial charge in [-0.1, -0.05) is 0 Å². The van der Waals surface area contributed by atoms with Crippen molar-refractivity contribution in [3.8, 4) is 0 Å². The number of nitrogens with two attached hydrogens (primary N) is 2. The van der Waals surface area contributed by atoms with Crippen molar-refractivity contribution in [2.45, 2.75) is 18.9 Å². The van der Waals surface area contributed by atoms with Crippen LogP contribution in [0.1, 0.15) is 12.8 Å². The molecule has 0 aromatic heterocycles. The van der Waals surface area contributed by atoms with Crippen LogP contribution in [0.15, 0.2) is 0 Å². The van der Waals surface area contributed by atoms with Crippen LogP contribution in [-0.2, 0) is 0 Å². The minimum absolute atomic E-state index is 0.760. The summed E-state index contributed by atoms with van der Waals surface area (Å²) in [6, 6.07) is 0.812. The van der Waals surface area contributed by atoms with E-state index in [1.807, 2.05) is 0 Å². The van der Waals surface area contributed by atoms with Crippen molar-refractivity contribution in [2.75, 3.05) is 26.2 Å². The number of rotatable bonds is 5. The predicted octanol–water partition coefficient (Wildman–Crippen LogP) is -0.632. The Labute approximate surface area is 62.4 Å². The van der Waals surface area contributed by atoms with Crippen LogP contribution in [0.2, 0.25) is 0 Å². The highest BCUT2D eigenvalue weighted by molar-refractivity contribution is 4.84. The molecule has 0 aromatic carbocycles. The van der Waals surface area contributed by atoms with Crippen LogP contribution in [-0.4, -0.2) is 37.1 Å². The normalized spacial score (nSPS) is 18.3. The molecular weight excluding hydrogens is 126 g/mol. The van der Waals surface area contributed by atoms with E-state index in [4.69, 9.17) is 11.5 Å². The summed E-state index contributed by atoms with van der Waals surface area (Å²) in [4.78, 5) is 2.39. The maximum atomic E-state index is 5.44. The molecule has 1 aliphatic carbocycles. The molecule has 1 rings (SSSR count). The average molecular weight is 143 g/mol. The maximum absolute atomic E-state index is 5.44. The molecule has 0 unspecified atom stereocenters. The second-order valence-corrected chi connectivity index (χ2v) is 2.84. The molecule has 0 bridgehead atoms. The predicted molar refractivity (Wildman–Crippen MR) is 42.7 cm³/mol. The van der Waals surface area contributed by atoms with Crippen molar-refractivity contribution < 1.29 is 0 Å². The molecule has 0 saturated heterocycles. The van der Waals surface area contributed by atoms with E-state index in [1.54, 1.807) is 0 Å². The first-order valence-corrected chi connectivity index (χ1v) is 4.02. The van der Waals surface area contributed by atoms with E-state index in [2.05, 4.69) is 4.90 Å². The van der Waals surface area contributed by atoms with Gasteiger partial charge in [0.15, 0.2) is 0 Å². The molecule has 0 radical (unpaired) electrons. The van der Waals surface area contributed by atoms with Crippen LogP contribution in [0.3, 0.4) is 0 Å². The zero-order valence-corrected chi connectivity index (χ0v) is 6.42. The van der Waals surface area contributed by atoms with Crippen molar-refractivity contribution in [2.24, 2.45) is 11.5 Å². The van der Waals surface area contributed by atoms with Gasteiger partial charge < -0.3 is 11.5 Å². The van der Waals surface area contributed by atoms with Crippen LogP contribution in [0.25, 0.3) is 0 Å². The second-order valence-electron chi connectivity index (χ2n) is 2.84. The molecule has 0 atom stereocenters. The van der Waals surface area contributed by atoms with E-state index >= 15 is 0 Å². The fourth-order valence-corrected chi connectivity index (χ4v) is 1.25. The largest absolute Gasteiger partial charge is 0.329 e. The van der Waals surface area contributed by atoms with Gasteiger partial charge in [0.05, 0.1) is 0 Å². The van der Waals surface area contributed by atoms with Gasteiger partial charge in [0.2, 0.25) is 0 Å². The smallest absolute Gasteiger partial charge is 0.0108 e. The van der Waals surface area contributed by atoms with E-state index in [0.717, 1.165) is 32.2 Å². The second kappa shape index (κ2) is 3.91. The summed E-state index contributed by atoms with van der Waals surface area (Å²) in [6.45, 7) is 3.55. The lowest BCUT2D eigenvalue weighted by molar-refractivity contribution is 0.278. The van der Waals surface area contributed by atoms with Gasteiger partial charge in [-0.3, -0.25) is 4.90 Å². The molecule has 0 spiro atoms. The van der Waals surface area contributed by atoms with E-state index in [1.165, 1.54) is 12.8 Å². The summed E-state index contributed by atoms with van der Waals surface area (Å²) < 4.78 is 0. The summed E-state index contributed by atoms with van der Waals surface area (Å²) in [5.41, 5.74) is 10.9. The summed E-state index contributed by atoms with van der Waals surface area (Å²) in [7, 11) is 0. The highest BCUT2D eigenvalue weighted by Gasteiger charge is 2.27. The Morgan fingerprint density at radius 3 is 1.90 bits per heavy atom. The molecule has 3 nitrogen and oxygen atoms in total. The third-order valence-corrected chi connectivity index (χ3v) is 1.90. The van der Waals surface area contributed by atoms with E-state index in [9.17, 15) is 0 Å². The SMILES string of the molecule is NCCN(CCN)C1CC1. The van der Waals surface area contributed by atoms with Gasteiger partial charge in [0, 0.05) is 32.2 Å². The van der Waals surface area contributed by atoms with Crippen LogP contribution in [0.4, 0.5) is 0 Å². The summed E-state index contributed by atoms with van der Waals surface area (Å²) in [5.74, 6) is 0. The van der Waals surface area contributed by atoms with Gasteiger partial charge in [-0.05, 0) is 12.8 Å². The first-order chi connectivity index (χ1) is 4.88. The number of nitrogens with zero attached hydrogens (tertiary/aromatic N) is 1. The molecule has 0 aliphatic heterocycles. The highest BCUT2D eigenvalue weighted by Crippen LogP contribution is 2.25. The molecular formula is C7H17N3. The zero-order valence-electron chi connectivity index (χ0n) is 6.42. The van der Waals surface area contributed by atoms with Gasteiger partial charge in [-0.2, -0.15) is 0 Å². The molecule has 3 heteroatoms. The molecule has 4 N–H and O–H groups in total. The molecule has 0 amide bonds. The minimum atomic E-state index is 0.760. The van der Waals surface area contributed by atoms with Gasteiger partial charge in [0.25, 0.3) is 0 Å². The van der Waals surface area contributed by atoms with E-state index in [0.29, 0.717) is 0 Å². The Morgan fingerprint density at radius 1 is 1.10 bits per heavy atom. The average Bonchev–Trinajstić information content (AvgIpc) is 2.69. The summed E-state index contributed by atoms with van der Waals surface area (Å²) in [5, 5.41) is 0. The van der Waals surface area contributed by atoms with Gasteiger partial charge in [-0.25, -0.2) is 0 Å². The Bertz CT molecular complexity index is 84.9. The molecule has 1 saturated carbocycles.